The van der Waals surface area contributed by atoms with Gasteiger partial charge < -0.3 is 9.47 Å². The standard InChI is InChI=1S/C19H18O3/c1-12(2)14-6-4-13(5-7-14)10-18-19(20)16-9-8-15(21-3)11-17(16)22-18/h4-12H,1-3H3/b18-10-. The number of rotatable bonds is 3. The van der Waals surface area contributed by atoms with Crippen molar-refractivity contribution in [1.29, 1.82) is 0 Å². The summed E-state index contributed by atoms with van der Waals surface area (Å²) in [6.07, 6.45) is 1.78. The molecule has 0 aromatic heterocycles. The zero-order chi connectivity index (χ0) is 15.7. The molecule has 0 radical (unpaired) electrons. The first-order valence-corrected chi connectivity index (χ1v) is 7.30. The van der Waals surface area contributed by atoms with Gasteiger partial charge in [-0.25, -0.2) is 0 Å². The summed E-state index contributed by atoms with van der Waals surface area (Å²) in [5.41, 5.74) is 2.80. The number of ether oxygens (including phenoxy) is 2. The van der Waals surface area contributed by atoms with E-state index in [0.717, 1.165) is 5.56 Å². The molecule has 0 saturated carbocycles. The molecule has 112 valence electrons. The van der Waals surface area contributed by atoms with Crippen LogP contribution in [-0.2, 0) is 0 Å². The predicted molar refractivity (Wildman–Crippen MR) is 86.5 cm³/mol. The van der Waals surface area contributed by atoms with Crippen LogP contribution in [0.5, 0.6) is 11.5 Å². The highest BCUT2D eigenvalue weighted by molar-refractivity contribution is 6.14. The van der Waals surface area contributed by atoms with Gasteiger partial charge in [0.15, 0.2) is 5.76 Å². The highest BCUT2D eigenvalue weighted by Gasteiger charge is 2.27. The van der Waals surface area contributed by atoms with E-state index in [1.165, 1.54) is 5.56 Å². The lowest BCUT2D eigenvalue weighted by Gasteiger charge is -2.05. The summed E-state index contributed by atoms with van der Waals surface area (Å²) in [5, 5.41) is 0. The molecule has 0 N–H and O–H groups in total. The molecule has 0 aliphatic carbocycles. The Morgan fingerprint density at radius 3 is 2.45 bits per heavy atom. The van der Waals surface area contributed by atoms with E-state index < -0.39 is 0 Å². The van der Waals surface area contributed by atoms with Crippen molar-refractivity contribution in [1.82, 2.24) is 0 Å². The van der Waals surface area contributed by atoms with Crippen molar-refractivity contribution < 1.29 is 14.3 Å². The van der Waals surface area contributed by atoms with E-state index in [9.17, 15) is 4.79 Å². The smallest absolute Gasteiger partial charge is 0.231 e. The zero-order valence-electron chi connectivity index (χ0n) is 12.9. The summed E-state index contributed by atoms with van der Waals surface area (Å²) in [5.74, 6) is 1.97. The molecule has 1 heterocycles. The Morgan fingerprint density at radius 2 is 1.82 bits per heavy atom. The first kappa shape index (κ1) is 14.4. The zero-order valence-corrected chi connectivity index (χ0v) is 12.9. The Kier molecular flexibility index (Phi) is 3.72. The van der Waals surface area contributed by atoms with Gasteiger partial charge in [0.05, 0.1) is 12.7 Å². The Bertz CT molecular complexity index is 740. The summed E-state index contributed by atoms with van der Waals surface area (Å²) in [4.78, 5) is 12.3. The van der Waals surface area contributed by atoms with Gasteiger partial charge >= 0.3 is 0 Å². The van der Waals surface area contributed by atoms with Gasteiger partial charge in [0, 0.05) is 6.07 Å². The van der Waals surface area contributed by atoms with Gasteiger partial charge in [-0.3, -0.25) is 4.79 Å². The van der Waals surface area contributed by atoms with E-state index in [4.69, 9.17) is 9.47 Å². The Labute approximate surface area is 130 Å². The van der Waals surface area contributed by atoms with Crippen molar-refractivity contribution >= 4 is 11.9 Å². The van der Waals surface area contributed by atoms with Gasteiger partial charge in [-0.15, -0.1) is 0 Å². The van der Waals surface area contributed by atoms with Crippen molar-refractivity contribution in [3.05, 3.63) is 64.9 Å². The van der Waals surface area contributed by atoms with E-state index in [1.54, 1.807) is 31.4 Å². The fourth-order valence-corrected chi connectivity index (χ4v) is 2.42. The molecule has 0 unspecified atom stereocenters. The third-order valence-electron chi connectivity index (χ3n) is 3.78. The Balaban J connectivity index is 1.88. The predicted octanol–water partition coefficient (Wildman–Crippen LogP) is 4.43. The molecule has 0 saturated heterocycles. The topological polar surface area (TPSA) is 35.5 Å². The van der Waals surface area contributed by atoms with Crippen molar-refractivity contribution in [2.75, 3.05) is 7.11 Å². The third kappa shape index (κ3) is 2.62. The Hall–Kier alpha value is -2.55. The largest absolute Gasteiger partial charge is 0.497 e. The quantitative estimate of drug-likeness (QED) is 0.785. The lowest BCUT2D eigenvalue weighted by atomic mass is 10.0. The van der Waals surface area contributed by atoms with Gasteiger partial charge in [0.25, 0.3) is 0 Å². The molecule has 0 spiro atoms. The summed E-state index contributed by atoms with van der Waals surface area (Å²) >= 11 is 0. The number of hydrogen-bond acceptors (Lipinski definition) is 3. The number of carbonyl (C=O) groups is 1. The van der Waals surface area contributed by atoms with E-state index in [2.05, 4.69) is 26.0 Å². The molecular weight excluding hydrogens is 276 g/mol. The maximum absolute atomic E-state index is 12.3. The van der Waals surface area contributed by atoms with E-state index >= 15 is 0 Å². The number of allylic oxidation sites excluding steroid dienone is 1. The van der Waals surface area contributed by atoms with E-state index in [0.29, 0.717) is 28.7 Å². The monoisotopic (exact) mass is 294 g/mol. The molecule has 0 fully saturated rings. The van der Waals surface area contributed by atoms with E-state index in [-0.39, 0.29) is 5.78 Å². The van der Waals surface area contributed by atoms with Crippen LogP contribution in [0.1, 0.15) is 41.3 Å². The van der Waals surface area contributed by atoms with Gasteiger partial charge in [-0.05, 0) is 35.3 Å². The Morgan fingerprint density at radius 1 is 1.09 bits per heavy atom. The van der Waals surface area contributed by atoms with Crippen molar-refractivity contribution in [2.45, 2.75) is 19.8 Å². The minimum absolute atomic E-state index is 0.0920. The van der Waals surface area contributed by atoms with Crippen LogP contribution in [0.2, 0.25) is 0 Å². The van der Waals surface area contributed by atoms with Crippen molar-refractivity contribution in [3.63, 3.8) is 0 Å². The fraction of sp³-hybridized carbons (Fsp3) is 0.211. The minimum Gasteiger partial charge on any atom is -0.497 e. The van der Waals surface area contributed by atoms with Crippen LogP contribution in [0.25, 0.3) is 6.08 Å². The molecule has 1 aliphatic rings. The van der Waals surface area contributed by atoms with Crippen LogP contribution in [0.15, 0.2) is 48.2 Å². The van der Waals surface area contributed by atoms with Crippen LogP contribution in [0.3, 0.4) is 0 Å². The van der Waals surface area contributed by atoms with Crippen LogP contribution in [-0.4, -0.2) is 12.9 Å². The second kappa shape index (κ2) is 5.68. The first-order chi connectivity index (χ1) is 10.6. The molecule has 0 atom stereocenters. The number of ketones is 1. The van der Waals surface area contributed by atoms with Gasteiger partial charge in [0.1, 0.15) is 11.5 Å². The summed E-state index contributed by atoms with van der Waals surface area (Å²) < 4.78 is 10.8. The second-order valence-corrected chi connectivity index (χ2v) is 5.62. The van der Waals surface area contributed by atoms with Crippen LogP contribution < -0.4 is 9.47 Å². The summed E-state index contributed by atoms with van der Waals surface area (Å²) in [6, 6.07) is 13.4. The summed E-state index contributed by atoms with van der Waals surface area (Å²) in [7, 11) is 1.59. The molecular formula is C19H18O3. The molecule has 2 aromatic rings. The number of carbonyl (C=O) groups excluding carboxylic acids is 1. The molecule has 0 amide bonds. The lowest BCUT2D eigenvalue weighted by Crippen LogP contribution is -1.98. The minimum atomic E-state index is -0.0920. The van der Waals surface area contributed by atoms with Gasteiger partial charge in [0.2, 0.25) is 5.78 Å². The maximum Gasteiger partial charge on any atom is 0.231 e. The summed E-state index contributed by atoms with van der Waals surface area (Å²) in [6.45, 7) is 4.31. The number of Topliss-reactive ketones (excluding diaryl/α,β-unsaturated/α-hetero) is 1. The molecule has 2 aromatic carbocycles. The molecule has 1 aliphatic heterocycles. The average Bonchev–Trinajstić information content (AvgIpc) is 2.83. The van der Waals surface area contributed by atoms with Crippen molar-refractivity contribution in [3.8, 4) is 11.5 Å². The fourth-order valence-electron chi connectivity index (χ4n) is 2.42. The lowest BCUT2D eigenvalue weighted by molar-refractivity contribution is 0.101. The molecule has 3 nitrogen and oxygen atoms in total. The number of hydrogen-bond donors (Lipinski definition) is 0. The van der Waals surface area contributed by atoms with E-state index in [1.807, 2.05) is 12.1 Å². The van der Waals surface area contributed by atoms with Crippen LogP contribution in [0, 0.1) is 0 Å². The molecule has 0 bridgehead atoms. The van der Waals surface area contributed by atoms with Gasteiger partial charge in [-0.1, -0.05) is 38.1 Å². The normalized spacial score (nSPS) is 15.1. The third-order valence-corrected chi connectivity index (χ3v) is 3.78. The first-order valence-electron chi connectivity index (χ1n) is 7.30. The molecule has 22 heavy (non-hydrogen) atoms. The molecule has 3 rings (SSSR count). The highest BCUT2D eigenvalue weighted by Crippen LogP contribution is 2.34. The number of methoxy groups -OCH3 is 1. The SMILES string of the molecule is COc1ccc2c(c1)O/C(=C\c1ccc(C(C)C)cc1)C2=O. The number of fused-ring (bicyclic) bond motifs is 1. The average molecular weight is 294 g/mol. The highest BCUT2D eigenvalue weighted by atomic mass is 16.5. The number of benzene rings is 2. The second-order valence-electron chi connectivity index (χ2n) is 5.62. The maximum atomic E-state index is 12.3. The van der Waals surface area contributed by atoms with Crippen molar-refractivity contribution in [2.24, 2.45) is 0 Å². The van der Waals surface area contributed by atoms with Crippen LogP contribution in [0.4, 0.5) is 0 Å². The van der Waals surface area contributed by atoms with Gasteiger partial charge in [-0.2, -0.15) is 0 Å². The van der Waals surface area contributed by atoms with Crippen LogP contribution >= 0.6 is 0 Å². The molecule has 3 heteroatoms.